The molecule has 0 aliphatic heterocycles. The Morgan fingerprint density at radius 2 is 1.65 bits per heavy atom. The molecule has 0 radical (unpaired) electrons. The molecule has 1 aromatic heterocycles. The van der Waals surface area contributed by atoms with Crippen LogP contribution in [0.3, 0.4) is 0 Å². The van der Waals surface area contributed by atoms with Crippen LogP contribution in [0.4, 0.5) is 17.1 Å². The molecule has 7 heteroatoms. The summed E-state index contributed by atoms with van der Waals surface area (Å²) in [4.78, 5) is 16.4. The van der Waals surface area contributed by atoms with Crippen LogP contribution in [0.2, 0.25) is 10.0 Å². The van der Waals surface area contributed by atoms with Gasteiger partial charge in [0.2, 0.25) is 0 Å². The Morgan fingerprint density at radius 1 is 0.962 bits per heavy atom. The Kier molecular flexibility index (Phi) is 5.61. The van der Waals surface area contributed by atoms with Crippen molar-refractivity contribution >= 4 is 46.2 Å². The van der Waals surface area contributed by atoms with Crippen LogP contribution in [-0.2, 0) is 0 Å². The van der Waals surface area contributed by atoms with Gasteiger partial charge in [-0.25, -0.2) is 4.98 Å². The first-order chi connectivity index (χ1) is 12.5. The number of rotatable bonds is 5. The maximum atomic E-state index is 12.2. The molecule has 2 N–H and O–H groups in total. The number of hydrogen-bond donors (Lipinski definition) is 2. The highest BCUT2D eigenvalue weighted by Crippen LogP contribution is 2.30. The van der Waals surface area contributed by atoms with Crippen molar-refractivity contribution in [3.8, 4) is 5.75 Å². The summed E-state index contributed by atoms with van der Waals surface area (Å²) in [7, 11) is 1.58. The van der Waals surface area contributed by atoms with Gasteiger partial charge in [0, 0.05) is 15.7 Å². The van der Waals surface area contributed by atoms with E-state index in [1.165, 1.54) is 0 Å². The Balaban J connectivity index is 1.71. The molecule has 0 aliphatic rings. The molecular formula is C19H15Cl2N3O2. The minimum atomic E-state index is -0.306. The van der Waals surface area contributed by atoms with E-state index in [-0.39, 0.29) is 5.91 Å². The van der Waals surface area contributed by atoms with Crippen LogP contribution < -0.4 is 15.4 Å². The fourth-order valence-electron chi connectivity index (χ4n) is 2.26. The van der Waals surface area contributed by atoms with E-state index in [0.717, 1.165) is 0 Å². The van der Waals surface area contributed by atoms with Crippen LogP contribution in [0, 0.1) is 0 Å². The molecule has 1 amide bonds. The van der Waals surface area contributed by atoms with Crippen LogP contribution >= 0.6 is 23.2 Å². The monoisotopic (exact) mass is 387 g/mol. The average Bonchev–Trinajstić information content (AvgIpc) is 2.64. The lowest BCUT2D eigenvalue weighted by molar-refractivity contribution is 0.102. The standard InChI is InChI=1S/C19H15Cl2N3O2/c1-26-18-9-4-13(21)10-17(18)23-15-7-8-16(22-11-15)19(25)24-14-5-2-12(20)3-6-14/h2-11,23H,1H3,(H,24,25). The predicted octanol–water partition coefficient (Wildman–Crippen LogP) is 5.39. The summed E-state index contributed by atoms with van der Waals surface area (Å²) >= 11 is 11.9. The molecular weight excluding hydrogens is 373 g/mol. The fourth-order valence-corrected chi connectivity index (χ4v) is 2.56. The number of aromatic nitrogens is 1. The second kappa shape index (κ2) is 8.08. The molecule has 3 aromatic rings. The summed E-state index contributed by atoms with van der Waals surface area (Å²) in [5, 5.41) is 7.12. The number of carbonyl (C=O) groups is 1. The second-order valence-corrected chi connectivity index (χ2v) is 6.24. The number of carbonyl (C=O) groups excluding carboxylic acids is 1. The van der Waals surface area contributed by atoms with Crippen LogP contribution in [0.15, 0.2) is 60.8 Å². The van der Waals surface area contributed by atoms with Crippen molar-refractivity contribution in [3.63, 3.8) is 0 Å². The van der Waals surface area contributed by atoms with E-state index in [1.54, 1.807) is 67.9 Å². The van der Waals surface area contributed by atoms with Gasteiger partial charge in [0.25, 0.3) is 5.91 Å². The molecule has 132 valence electrons. The Labute approximate surface area is 160 Å². The van der Waals surface area contributed by atoms with Crippen molar-refractivity contribution < 1.29 is 9.53 Å². The highest BCUT2D eigenvalue weighted by atomic mass is 35.5. The van der Waals surface area contributed by atoms with Gasteiger partial charge in [0.1, 0.15) is 11.4 Å². The molecule has 5 nitrogen and oxygen atoms in total. The van der Waals surface area contributed by atoms with E-state index in [1.807, 2.05) is 0 Å². The van der Waals surface area contributed by atoms with Crippen LogP contribution in [0.1, 0.15) is 10.5 Å². The number of anilines is 3. The molecule has 2 aromatic carbocycles. The molecule has 3 rings (SSSR count). The maximum absolute atomic E-state index is 12.2. The predicted molar refractivity (Wildman–Crippen MR) is 105 cm³/mol. The largest absolute Gasteiger partial charge is 0.495 e. The summed E-state index contributed by atoms with van der Waals surface area (Å²) in [5.41, 5.74) is 2.35. The molecule has 0 atom stereocenters. The number of halogens is 2. The molecule has 1 heterocycles. The van der Waals surface area contributed by atoms with E-state index >= 15 is 0 Å². The highest BCUT2D eigenvalue weighted by molar-refractivity contribution is 6.31. The Hall–Kier alpha value is -2.76. The quantitative estimate of drug-likeness (QED) is 0.615. The van der Waals surface area contributed by atoms with E-state index in [0.29, 0.717) is 38.6 Å². The zero-order chi connectivity index (χ0) is 18.5. The number of nitrogens with one attached hydrogen (secondary N) is 2. The molecule has 0 fully saturated rings. The van der Waals surface area contributed by atoms with Gasteiger partial charge in [-0.1, -0.05) is 23.2 Å². The van der Waals surface area contributed by atoms with Crippen molar-refractivity contribution in [3.05, 3.63) is 76.5 Å². The third-order valence-electron chi connectivity index (χ3n) is 3.54. The summed E-state index contributed by atoms with van der Waals surface area (Å²) in [6, 6.07) is 15.5. The highest BCUT2D eigenvalue weighted by Gasteiger charge is 2.09. The number of amides is 1. The van der Waals surface area contributed by atoms with Crippen LogP contribution in [0.25, 0.3) is 0 Å². The first-order valence-electron chi connectivity index (χ1n) is 7.69. The summed E-state index contributed by atoms with van der Waals surface area (Å²) in [6.45, 7) is 0. The molecule has 0 saturated heterocycles. The molecule has 26 heavy (non-hydrogen) atoms. The minimum Gasteiger partial charge on any atom is -0.495 e. The van der Waals surface area contributed by atoms with Gasteiger partial charge in [-0.3, -0.25) is 4.79 Å². The first kappa shape index (κ1) is 18.0. The fraction of sp³-hybridized carbons (Fsp3) is 0.0526. The van der Waals surface area contributed by atoms with Gasteiger partial charge < -0.3 is 15.4 Å². The normalized spacial score (nSPS) is 10.3. The number of methoxy groups -OCH3 is 1. The third-order valence-corrected chi connectivity index (χ3v) is 4.03. The molecule has 0 saturated carbocycles. The topological polar surface area (TPSA) is 63.2 Å². The van der Waals surface area contributed by atoms with E-state index < -0.39 is 0 Å². The number of pyridine rings is 1. The van der Waals surface area contributed by atoms with Gasteiger partial charge in [-0.15, -0.1) is 0 Å². The van der Waals surface area contributed by atoms with Gasteiger partial charge in [0.15, 0.2) is 0 Å². The summed E-state index contributed by atoms with van der Waals surface area (Å²) in [5.74, 6) is 0.346. The van der Waals surface area contributed by atoms with Gasteiger partial charge in [-0.2, -0.15) is 0 Å². The van der Waals surface area contributed by atoms with Crippen molar-refractivity contribution in [2.24, 2.45) is 0 Å². The molecule has 0 unspecified atom stereocenters. The van der Waals surface area contributed by atoms with Crippen molar-refractivity contribution in [1.29, 1.82) is 0 Å². The van der Waals surface area contributed by atoms with E-state index in [2.05, 4.69) is 15.6 Å². The van der Waals surface area contributed by atoms with Crippen LogP contribution in [0.5, 0.6) is 5.75 Å². The number of ether oxygens (including phenoxy) is 1. The molecule has 0 spiro atoms. The number of nitrogens with zero attached hydrogens (tertiary/aromatic N) is 1. The van der Waals surface area contributed by atoms with E-state index in [9.17, 15) is 4.79 Å². The summed E-state index contributed by atoms with van der Waals surface area (Å²) in [6.07, 6.45) is 1.57. The summed E-state index contributed by atoms with van der Waals surface area (Å²) < 4.78 is 5.29. The van der Waals surface area contributed by atoms with Gasteiger partial charge in [0.05, 0.1) is 24.7 Å². The van der Waals surface area contributed by atoms with Crippen molar-refractivity contribution in [1.82, 2.24) is 4.98 Å². The molecule has 0 aliphatic carbocycles. The maximum Gasteiger partial charge on any atom is 0.274 e. The number of hydrogen-bond acceptors (Lipinski definition) is 4. The average molecular weight is 388 g/mol. The number of benzene rings is 2. The van der Waals surface area contributed by atoms with E-state index in [4.69, 9.17) is 27.9 Å². The lowest BCUT2D eigenvalue weighted by atomic mass is 10.2. The Morgan fingerprint density at radius 3 is 2.31 bits per heavy atom. The zero-order valence-electron chi connectivity index (χ0n) is 13.8. The third kappa shape index (κ3) is 4.45. The van der Waals surface area contributed by atoms with Gasteiger partial charge in [-0.05, 0) is 54.6 Å². The smallest absolute Gasteiger partial charge is 0.274 e. The van der Waals surface area contributed by atoms with Gasteiger partial charge >= 0.3 is 0 Å². The lowest BCUT2D eigenvalue weighted by Crippen LogP contribution is -2.13. The van der Waals surface area contributed by atoms with Crippen LogP contribution in [-0.4, -0.2) is 18.0 Å². The van der Waals surface area contributed by atoms with Crippen molar-refractivity contribution in [2.45, 2.75) is 0 Å². The minimum absolute atomic E-state index is 0.295. The second-order valence-electron chi connectivity index (χ2n) is 5.36. The lowest BCUT2D eigenvalue weighted by Gasteiger charge is -2.11. The first-order valence-corrected chi connectivity index (χ1v) is 8.44. The molecule has 0 bridgehead atoms. The Bertz CT molecular complexity index is 913. The zero-order valence-corrected chi connectivity index (χ0v) is 15.3. The SMILES string of the molecule is COc1ccc(Cl)cc1Nc1ccc(C(=O)Nc2ccc(Cl)cc2)nc1. The van der Waals surface area contributed by atoms with Crippen molar-refractivity contribution in [2.75, 3.05) is 17.7 Å².